The molecule has 2 aromatic heterocycles. The second-order valence-corrected chi connectivity index (χ2v) is 9.97. The van der Waals surface area contributed by atoms with E-state index < -0.39 is 30.2 Å². The van der Waals surface area contributed by atoms with E-state index in [0.717, 1.165) is 5.56 Å². The number of nitriles is 1. The number of nitrogens with one attached hydrogen (secondary N) is 2. The van der Waals surface area contributed by atoms with Crippen LogP contribution in [0.5, 0.6) is 5.75 Å². The summed E-state index contributed by atoms with van der Waals surface area (Å²) in [4.78, 5) is 30.7. The molecule has 10 nitrogen and oxygen atoms in total. The van der Waals surface area contributed by atoms with Gasteiger partial charge in [-0.05, 0) is 55.5 Å². The normalized spacial score (nSPS) is 17.4. The van der Waals surface area contributed by atoms with E-state index >= 15 is 0 Å². The van der Waals surface area contributed by atoms with Crippen LogP contribution in [-0.2, 0) is 12.8 Å². The van der Waals surface area contributed by atoms with Gasteiger partial charge >= 0.3 is 6.18 Å². The van der Waals surface area contributed by atoms with E-state index in [0.29, 0.717) is 43.4 Å². The maximum absolute atomic E-state index is 13.2. The van der Waals surface area contributed by atoms with Crippen LogP contribution in [-0.4, -0.2) is 62.7 Å². The zero-order valence-corrected chi connectivity index (χ0v) is 21.2. The van der Waals surface area contributed by atoms with E-state index in [1.165, 1.54) is 35.1 Å². The molecule has 40 heavy (non-hydrogen) atoms. The fraction of sp³-hybridized carbons (Fsp3) is 0.370. The standard InChI is InChI=1S/C27H25F3N6O4/c28-27(29,30)15-40-19-3-1-2-16(10-19)4-6-18-11-20-22(24(37)34-18)23(25(38)33-14-26(39)8-9-26)36(35-20)21-7-5-17(12-31)13-32-21/h1-3,5,7,10,13,18,39H,4,6,8-9,11,14-15H2,(H,33,38)(H,34,37). The van der Waals surface area contributed by atoms with E-state index in [-0.39, 0.29) is 35.4 Å². The molecule has 1 fully saturated rings. The minimum atomic E-state index is -4.44. The van der Waals surface area contributed by atoms with E-state index in [9.17, 15) is 27.9 Å². The number of carbonyl (C=O) groups excluding carboxylic acids is 2. The molecule has 3 N–H and O–H groups in total. The Morgan fingerprint density at radius 2 is 2.10 bits per heavy atom. The average molecular weight is 555 g/mol. The predicted molar refractivity (Wildman–Crippen MR) is 134 cm³/mol. The molecular weight excluding hydrogens is 529 g/mol. The number of hydrogen-bond acceptors (Lipinski definition) is 7. The Morgan fingerprint density at radius 3 is 2.77 bits per heavy atom. The number of alkyl halides is 3. The highest BCUT2D eigenvalue weighted by atomic mass is 19.4. The first kappa shape index (κ1) is 27.1. The van der Waals surface area contributed by atoms with Crippen molar-refractivity contribution in [1.29, 1.82) is 5.26 Å². The summed E-state index contributed by atoms with van der Waals surface area (Å²) < 4.78 is 43.5. The summed E-state index contributed by atoms with van der Waals surface area (Å²) in [6, 6.07) is 11.0. The summed E-state index contributed by atoms with van der Waals surface area (Å²) in [6.45, 7) is -1.35. The summed E-state index contributed by atoms with van der Waals surface area (Å²) in [6.07, 6.45) is -0.747. The van der Waals surface area contributed by atoms with Crippen LogP contribution in [0, 0.1) is 11.3 Å². The Kier molecular flexibility index (Phi) is 7.20. The molecule has 13 heteroatoms. The Labute approximate surface area is 226 Å². The number of aryl methyl sites for hydroxylation is 1. The molecule has 208 valence electrons. The zero-order chi connectivity index (χ0) is 28.5. The van der Waals surface area contributed by atoms with Crippen molar-refractivity contribution >= 4 is 11.8 Å². The highest BCUT2D eigenvalue weighted by molar-refractivity contribution is 6.08. The summed E-state index contributed by atoms with van der Waals surface area (Å²) in [5.74, 6) is -0.748. The summed E-state index contributed by atoms with van der Waals surface area (Å²) in [7, 11) is 0. The van der Waals surface area contributed by atoms with Gasteiger partial charge in [-0.2, -0.15) is 23.5 Å². The van der Waals surface area contributed by atoms with Gasteiger partial charge in [-0.3, -0.25) is 9.59 Å². The maximum Gasteiger partial charge on any atom is 0.422 e. The summed E-state index contributed by atoms with van der Waals surface area (Å²) in [5, 5.41) is 29.4. The number of carbonyl (C=O) groups is 2. The number of benzene rings is 1. The van der Waals surface area contributed by atoms with Gasteiger partial charge in [0.1, 0.15) is 17.5 Å². The van der Waals surface area contributed by atoms with Gasteiger partial charge in [0.25, 0.3) is 11.8 Å². The van der Waals surface area contributed by atoms with Gasteiger partial charge in [0.05, 0.1) is 22.4 Å². The molecule has 1 aliphatic carbocycles. The van der Waals surface area contributed by atoms with E-state index in [1.807, 2.05) is 6.07 Å². The number of halogens is 3. The quantitative estimate of drug-likeness (QED) is 0.369. The number of ether oxygens (including phenoxy) is 1. The van der Waals surface area contributed by atoms with Crippen LogP contribution in [0.1, 0.15) is 56.9 Å². The molecule has 0 radical (unpaired) electrons. The number of fused-ring (bicyclic) bond motifs is 1. The Bertz CT molecular complexity index is 1470. The first-order valence-electron chi connectivity index (χ1n) is 12.6. The topological polar surface area (TPSA) is 142 Å². The van der Waals surface area contributed by atoms with Crippen LogP contribution in [0.2, 0.25) is 0 Å². The van der Waals surface area contributed by atoms with Crippen LogP contribution in [0.25, 0.3) is 5.82 Å². The van der Waals surface area contributed by atoms with Crippen molar-refractivity contribution in [1.82, 2.24) is 25.4 Å². The van der Waals surface area contributed by atoms with Gasteiger partial charge in [0.15, 0.2) is 12.4 Å². The van der Waals surface area contributed by atoms with Gasteiger partial charge in [-0.15, -0.1) is 0 Å². The van der Waals surface area contributed by atoms with Crippen molar-refractivity contribution in [2.24, 2.45) is 0 Å². The molecular formula is C27H25F3N6O4. The van der Waals surface area contributed by atoms with Crippen LogP contribution in [0.15, 0.2) is 42.6 Å². The molecule has 0 bridgehead atoms. The summed E-state index contributed by atoms with van der Waals surface area (Å²) >= 11 is 0. The number of hydrogen-bond donors (Lipinski definition) is 3. The largest absolute Gasteiger partial charge is 0.484 e. The van der Waals surface area contributed by atoms with Gasteiger partial charge < -0.3 is 20.5 Å². The highest BCUT2D eigenvalue weighted by Gasteiger charge is 2.41. The van der Waals surface area contributed by atoms with Gasteiger partial charge in [-0.1, -0.05) is 12.1 Å². The minimum absolute atomic E-state index is 0.0260. The maximum atomic E-state index is 13.2. The van der Waals surface area contributed by atoms with Crippen molar-refractivity contribution in [3.63, 3.8) is 0 Å². The van der Waals surface area contributed by atoms with Crippen LogP contribution in [0.4, 0.5) is 13.2 Å². The van der Waals surface area contributed by atoms with Crippen molar-refractivity contribution in [2.45, 2.75) is 49.9 Å². The molecule has 1 atom stereocenters. The van der Waals surface area contributed by atoms with Crippen molar-refractivity contribution in [3.05, 3.63) is 70.7 Å². The van der Waals surface area contributed by atoms with E-state index in [4.69, 9.17) is 10.00 Å². The van der Waals surface area contributed by atoms with Crippen LogP contribution in [0.3, 0.4) is 0 Å². The molecule has 0 spiro atoms. The first-order valence-corrected chi connectivity index (χ1v) is 12.6. The average Bonchev–Trinajstić information content (AvgIpc) is 3.54. The van der Waals surface area contributed by atoms with Crippen molar-refractivity contribution in [3.8, 4) is 17.6 Å². The lowest BCUT2D eigenvalue weighted by molar-refractivity contribution is -0.153. The van der Waals surface area contributed by atoms with E-state index in [1.54, 1.807) is 12.1 Å². The SMILES string of the molecule is N#Cc1ccc(-n2nc3c(c2C(=O)NCC2(O)CC2)C(=O)NC(CCc2cccc(OCC(F)(F)F)c2)C3)nc1. The highest BCUT2D eigenvalue weighted by Crippen LogP contribution is 2.34. The zero-order valence-electron chi connectivity index (χ0n) is 21.2. The predicted octanol–water partition coefficient (Wildman–Crippen LogP) is 2.62. The molecule has 2 aliphatic rings. The van der Waals surface area contributed by atoms with Crippen molar-refractivity contribution < 1.29 is 32.6 Å². The molecule has 1 aromatic carbocycles. The Hall–Kier alpha value is -4.44. The third-order valence-corrected chi connectivity index (χ3v) is 6.76. The van der Waals surface area contributed by atoms with E-state index in [2.05, 4.69) is 20.7 Å². The molecule has 5 rings (SSSR count). The Morgan fingerprint density at radius 1 is 1.30 bits per heavy atom. The first-order chi connectivity index (χ1) is 19.0. The van der Waals surface area contributed by atoms with Crippen molar-refractivity contribution in [2.75, 3.05) is 13.2 Å². The number of amides is 2. The fourth-order valence-corrected chi connectivity index (χ4v) is 4.46. The molecule has 1 unspecified atom stereocenters. The number of aromatic nitrogens is 3. The summed E-state index contributed by atoms with van der Waals surface area (Å²) in [5.41, 5.74) is 0.568. The van der Waals surface area contributed by atoms with Gasteiger partial charge in [-0.25, -0.2) is 9.67 Å². The number of rotatable bonds is 9. The Balaban J connectivity index is 1.35. The lowest BCUT2D eigenvalue weighted by Crippen LogP contribution is -2.43. The lowest BCUT2D eigenvalue weighted by atomic mass is 9.95. The molecule has 3 aromatic rings. The monoisotopic (exact) mass is 554 g/mol. The number of pyridine rings is 1. The number of aliphatic hydroxyl groups is 1. The third kappa shape index (κ3) is 6.23. The van der Waals surface area contributed by atoms with Crippen LogP contribution >= 0.6 is 0 Å². The molecule has 1 aliphatic heterocycles. The van der Waals surface area contributed by atoms with Crippen LogP contribution < -0.4 is 15.4 Å². The third-order valence-electron chi connectivity index (χ3n) is 6.76. The molecule has 2 amide bonds. The molecule has 3 heterocycles. The van der Waals surface area contributed by atoms with Gasteiger partial charge in [0.2, 0.25) is 0 Å². The lowest BCUT2D eigenvalue weighted by Gasteiger charge is -2.23. The fourth-order valence-electron chi connectivity index (χ4n) is 4.46. The van der Waals surface area contributed by atoms with Gasteiger partial charge in [0, 0.05) is 25.2 Å². The second-order valence-electron chi connectivity index (χ2n) is 9.97. The second kappa shape index (κ2) is 10.6. The molecule has 0 saturated heterocycles. The number of nitrogens with zero attached hydrogens (tertiary/aromatic N) is 4. The minimum Gasteiger partial charge on any atom is -0.484 e. The smallest absolute Gasteiger partial charge is 0.422 e. The molecule has 1 saturated carbocycles.